The fourth-order valence-corrected chi connectivity index (χ4v) is 4.40. The lowest BCUT2D eigenvalue weighted by Gasteiger charge is -2.34. The van der Waals surface area contributed by atoms with Crippen molar-refractivity contribution in [2.24, 2.45) is 0 Å². The number of amides is 1. The molecule has 6 nitrogen and oxygen atoms in total. The highest BCUT2D eigenvalue weighted by atomic mass is 32.2. The third kappa shape index (κ3) is 3.02. The molecule has 0 atom stereocenters. The summed E-state index contributed by atoms with van der Waals surface area (Å²) in [5.41, 5.74) is 1.33. The molecule has 1 fully saturated rings. The van der Waals surface area contributed by atoms with Gasteiger partial charge >= 0.3 is 0 Å². The van der Waals surface area contributed by atoms with E-state index in [4.69, 9.17) is 0 Å². The fraction of sp³-hybridized carbons (Fsp3) is 0.312. The maximum absolute atomic E-state index is 12.7. The number of hydrogen-bond acceptors (Lipinski definition) is 3. The molecule has 0 unspecified atom stereocenters. The van der Waals surface area contributed by atoms with E-state index in [0.717, 1.165) is 5.56 Å². The highest BCUT2D eigenvalue weighted by molar-refractivity contribution is 7.89. The summed E-state index contributed by atoms with van der Waals surface area (Å²) in [6, 6.07) is 8.69. The Bertz CT molecular complexity index is 792. The first-order valence-electron chi connectivity index (χ1n) is 7.48. The van der Waals surface area contributed by atoms with Crippen LogP contribution in [0.2, 0.25) is 0 Å². The van der Waals surface area contributed by atoms with E-state index in [1.165, 1.54) is 4.31 Å². The van der Waals surface area contributed by atoms with Crippen molar-refractivity contribution in [1.29, 1.82) is 0 Å². The van der Waals surface area contributed by atoms with Crippen molar-refractivity contribution in [3.05, 3.63) is 53.9 Å². The topological polar surface area (TPSA) is 73.5 Å². The van der Waals surface area contributed by atoms with E-state index >= 15 is 0 Å². The van der Waals surface area contributed by atoms with Crippen molar-refractivity contribution in [3.8, 4) is 0 Å². The van der Waals surface area contributed by atoms with Gasteiger partial charge in [0.15, 0.2) is 0 Å². The Hall–Kier alpha value is -2.12. The monoisotopic (exact) mass is 333 g/mol. The minimum Gasteiger partial charge on any atom is -0.367 e. The van der Waals surface area contributed by atoms with Gasteiger partial charge < -0.3 is 9.88 Å². The van der Waals surface area contributed by atoms with E-state index in [0.29, 0.717) is 36.6 Å². The van der Waals surface area contributed by atoms with Crippen molar-refractivity contribution >= 4 is 15.9 Å². The first kappa shape index (κ1) is 15.8. The lowest BCUT2D eigenvalue weighted by Crippen LogP contribution is -2.50. The van der Waals surface area contributed by atoms with Gasteiger partial charge in [0.25, 0.3) is 5.91 Å². The number of benzene rings is 1. The molecule has 2 heterocycles. The second-order valence-electron chi connectivity index (χ2n) is 5.56. The second-order valence-corrected chi connectivity index (χ2v) is 7.47. The number of nitrogens with one attached hydrogen (secondary N) is 1. The molecule has 0 spiro atoms. The van der Waals surface area contributed by atoms with Gasteiger partial charge in [-0.05, 0) is 24.6 Å². The largest absolute Gasteiger partial charge is 0.367 e. The number of H-pyrrole nitrogens is 1. The van der Waals surface area contributed by atoms with E-state index < -0.39 is 10.0 Å². The number of carbonyl (C=O) groups excluding carboxylic acids is 1. The Morgan fingerprint density at radius 2 is 1.78 bits per heavy atom. The molecule has 1 saturated heterocycles. The average Bonchev–Trinajstić information content (AvgIpc) is 3.09. The normalized spacial score (nSPS) is 16.5. The SMILES string of the molecule is Cc1ccccc1S(=O)(=O)N1CCN(C(=O)c2cc[nH]c2)CC1. The molecule has 1 aliphatic rings. The lowest BCUT2D eigenvalue weighted by molar-refractivity contribution is 0.0698. The maximum atomic E-state index is 12.7. The molecule has 1 aromatic heterocycles. The third-order valence-electron chi connectivity index (χ3n) is 4.08. The van der Waals surface area contributed by atoms with Crippen molar-refractivity contribution in [1.82, 2.24) is 14.2 Å². The standard InChI is InChI=1S/C16H19N3O3S/c1-13-4-2-3-5-15(13)23(21,22)19-10-8-18(9-11-19)16(20)14-6-7-17-12-14/h2-7,12,17H,8-11H2,1H3. The van der Waals surface area contributed by atoms with Gasteiger partial charge in [-0.25, -0.2) is 8.42 Å². The predicted octanol–water partition coefficient (Wildman–Crippen LogP) is 1.47. The van der Waals surface area contributed by atoms with Gasteiger partial charge in [-0.3, -0.25) is 4.79 Å². The summed E-state index contributed by atoms with van der Waals surface area (Å²) in [5, 5.41) is 0. The quantitative estimate of drug-likeness (QED) is 0.924. The van der Waals surface area contributed by atoms with Crippen molar-refractivity contribution in [2.45, 2.75) is 11.8 Å². The molecule has 2 aromatic rings. The smallest absolute Gasteiger partial charge is 0.255 e. The van der Waals surface area contributed by atoms with Crippen LogP contribution in [0, 0.1) is 6.92 Å². The van der Waals surface area contributed by atoms with Crippen molar-refractivity contribution in [2.75, 3.05) is 26.2 Å². The van der Waals surface area contributed by atoms with Crippen LogP contribution in [-0.4, -0.2) is 54.7 Å². The predicted molar refractivity (Wildman–Crippen MR) is 86.6 cm³/mol. The molecular formula is C16H19N3O3S. The van der Waals surface area contributed by atoms with Gasteiger partial charge in [0.2, 0.25) is 10.0 Å². The van der Waals surface area contributed by atoms with Gasteiger partial charge in [0.05, 0.1) is 10.5 Å². The number of hydrogen-bond donors (Lipinski definition) is 1. The fourth-order valence-electron chi connectivity index (χ4n) is 2.76. The molecule has 1 amide bonds. The van der Waals surface area contributed by atoms with Gasteiger partial charge in [-0.2, -0.15) is 4.31 Å². The summed E-state index contributed by atoms with van der Waals surface area (Å²) in [6.45, 7) is 3.21. The molecule has 3 rings (SSSR count). The summed E-state index contributed by atoms with van der Waals surface area (Å²) in [4.78, 5) is 17.2. The van der Waals surface area contributed by atoms with Crippen LogP contribution in [0.3, 0.4) is 0 Å². The summed E-state index contributed by atoms with van der Waals surface area (Å²) in [7, 11) is -3.51. The molecule has 7 heteroatoms. The van der Waals surface area contributed by atoms with Crippen LogP contribution in [0.25, 0.3) is 0 Å². The van der Waals surface area contributed by atoms with Crippen molar-refractivity contribution in [3.63, 3.8) is 0 Å². The van der Waals surface area contributed by atoms with Gasteiger partial charge in [0, 0.05) is 38.6 Å². The number of sulfonamides is 1. The van der Waals surface area contributed by atoms with Crippen LogP contribution in [0.4, 0.5) is 0 Å². The van der Waals surface area contributed by atoms with Gasteiger partial charge in [0.1, 0.15) is 0 Å². The maximum Gasteiger partial charge on any atom is 0.255 e. The summed E-state index contributed by atoms with van der Waals surface area (Å²) < 4.78 is 26.9. The molecule has 23 heavy (non-hydrogen) atoms. The third-order valence-corrected chi connectivity index (χ3v) is 6.14. The Kier molecular flexibility index (Phi) is 4.23. The van der Waals surface area contributed by atoms with Crippen LogP contribution in [0.5, 0.6) is 0 Å². The number of aryl methyl sites for hydroxylation is 1. The lowest BCUT2D eigenvalue weighted by atomic mass is 10.2. The Morgan fingerprint density at radius 1 is 1.09 bits per heavy atom. The highest BCUT2D eigenvalue weighted by Crippen LogP contribution is 2.21. The Morgan fingerprint density at radius 3 is 2.39 bits per heavy atom. The Balaban J connectivity index is 1.72. The number of rotatable bonds is 3. The van der Waals surface area contributed by atoms with Crippen LogP contribution >= 0.6 is 0 Å². The molecule has 1 aromatic carbocycles. The van der Waals surface area contributed by atoms with Crippen LogP contribution < -0.4 is 0 Å². The minimum atomic E-state index is -3.51. The molecule has 0 saturated carbocycles. The van der Waals surface area contributed by atoms with E-state index in [9.17, 15) is 13.2 Å². The summed E-state index contributed by atoms with van der Waals surface area (Å²) >= 11 is 0. The van der Waals surface area contributed by atoms with Gasteiger partial charge in [-0.15, -0.1) is 0 Å². The van der Waals surface area contributed by atoms with Crippen LogP contribution in [-0.2, 0) is 10.0 Å². The number of piperazine rings is 1. The molecule has 122 valence electrons. The highest BCUT2D eigenvalue weighted by Gasteiger charge is 2.31. The van der Waals surface area contributed by atoms with Crippen LogP contribution in [0.1, 0.15) is 15.9 Å². The average molecular weight is 333 g/mol. The molecule has 0 bridgehead atoms. The van der Waals surface area contributed by atoms with E-state index in [2.05, 4.69) is 4.98 Å². The van der Waals surface area contributed by atoms with Gasteiger partial charge in [-0.1, -0.05) is 18.2 Å². The zero-order valence-corrected chi connectivity index (χ0v) is 13.7. The number of aromatic nitrogens is 1. The van der Waals surface area contributed by atoms with E-state index in [1.807, 2.05) is 6.07 Å². The summed E-state index contributed by atoms with van der Waals surface area (Å²) in [6.07, 6.45) is 3.35. The zero-order valence-electron chi connectivity index (χ0n) is 12.9. The van der Waals surface area contributed by atoms with E-state index in [-0.39, 0.29) is 5.91 Å². The molecule has 0 radical (unpaired) electrons. The van der Waals surface area contributed by atoms with Crippen molar-refractivity contribution < 1.29 is 13.2 Å². The molecule has 1 N–H and O–H groups in total. The first-order chi connectivity index (χ1) is 11.0. The summed E-state index contributed by atoms with van der Waals surface area (Å²) in [5.74, 6) is -0.0702. The Labute approximate surface area is 135 Å². The number of nitrogens with zero attached hydrogens (tertiary/aromatic N) is 2. The molecular weight excluding hydrogens is 314 g/mol. The zero-order chi connectivity index (χ0) is 16.4. The van der Waals surface area contributed by atoms with E-state index in [1.54, 1.807) is 48.5 Å². The number of carbonyl (C=O) groups is 1. The minimum absolute atomic E-state index is 0.0702. The molecule has 1 aliphatic heterocycles. The molecule has 0 aliphatic carbocycles. The number of aromatic amines is 1. The van der Waals surface area contributed by atoms with Crippen LogP contribution in [0.15, 0.2) is 47.6 Å². The first-order valence-corrected chi connectivity index (χ1v) is 8.92. The second kappa shape index (κ2) is 6.17.